The molecule has 0 unspecified atom stereocenters. The van der Waals surface area contributed by atoms with Crippen molar-refractivity contribution >= 4 is 5.91 Å². The number of piperidine rings is 1. The molecular weight excluding hydrogens is 326 g/mol. The fourth-order valence-corrected chi connectivity index (χ4v) is 3.78. The van der Waals surface area contributed by atoms with Gasteiger partial charge in [-0.05, 0) is 25.8 Å². The van der Waals surface area contributed by atoms with Gasteiger partial charge in [0.25, 0.3) is 5.91 Å². The van der Waals surface area contributed by atoms with Crippen molar-refractivity contribution in [2.75, 3.05) is 13.1 Å². The lowest BCUT2D eigenvalue weighted by molar-refractivity contribution is 0.0704. The zero-order valence-corrected chi connectivity index (χ0v) is 15.1. The molecular formula is C20H23N5O. The lowest BCUT2D eigenvalue weighted by Crippen LogP contribution is -2.39. The molecule has 3 aromatic rings. The lowest BCUT2D eigenvalue weighted by Gasteiger charge is -2.32. The van der Waals surface area contributed by atoms with Crippen LogP contribution in [0.5, 0.6) is 0 Å². The maximum Gasteiger partial charge on any atom is 0.257 e. The summed E-state index contributed by atoms with van der Waals surface area (Å²) in [4.78, 5) is 19.6. The molecule has 134 valence electrons. The molecule has 0 radical (unpaired) electrons. The molecule has 0 aliphatic carbocycles. The Hall–Kier alpha value is -2.89. The summed E-state index contributed by atoms with van der Waals surface area (Å²) < 4.78 is 2.05. The second kappa shape index (κ2) is 6.78. The second-order valence-electron chi connectivity index (χ2n) is 7.01. The highest BCUT2D eigenvalue weighted by atomic mass is 16.2. The topological polar surface area (TPSA) is 66.8 Å². The van der Waals surface area contributed by atoms with Crippen molar-refractivity contribution in [2.45, 2.75) is 25.7 Å². The van der Waals surface area contributed by atoms with Crippen molar-refractivity contribution in [1.82, 2.24) is 24.6 Å². The van der Waals surface area contributed by atoms with Gasteiger partial charge < -0.3 is 9.47 Å². The van der Waals surface area contributed by atoms with Crippen molar-refractivity contribution in [3.63, 3.8) is 0 Å². The zero-order valence-electron chi connectivity index (χ0n) is 15.1. The summed E-state index contributed by atoms with van der Waals surface area (Å²) in [5.41, 5.74) is 3.57. The smallest absolute Gasteiger partial charge is 0.257 e. The number of likely N-dealkylation sites (tertiary alicyclic amines) is 1. The molecule has 2 aromatic heterocycles. The molecule has 1 saturated heterocycles. The van der Waals surface area contributed by atoms with Gasteiger partial charge in [-0.2, -0.15) is 5.10 Å². The Labute approximate surface area is 152 Å². The molecule has 1 aliphatic rings. The Bertz CT molecular complexity index is 926. The van der Waals surface area contributed by atoms with Crippen molar-refractivity contribution in [2.24, 2.45) is 7.05 Å². The number of nitrogens with one attached hydrogen (secondary N) is 1. The fourth-order valence-electron chi connectivity index (χ4n) is 3.78. The Kier molecular flexibility index (Phi) is 4.32. The normalized spacial score (nSPS) is 17.5. The third-order valence-electron chi connectivity index (χ3n) is 5.11. The molecule has 4 rings (SSSR count). The van der Waals surface area contributed by atoms with E-state index < -0.39 is 0 Å². The van der Waals surface area contributed by atoms with Crippen LogP contribution >= 0.6 is 0 Å². The zero-order chi connectivity index (χ0) is 18.1. The van der Waals surface area contributed by atoms with Crippen LogP contribution in [-0.4, -0.2) is 43.6 Å². The van der Waals surface area contributed by atoms with Gasteiger partial charge in [0.15, 0.2) is 0 Å². The first-order valence-electron chi connectivity index (χ1n) is 9.00. The Morgan fingerprint density at radius 3 is 3.00 bits per heavy atom. The summed E-state index contributed by atoms with van der Waals surface area (Å²) in [7, 11) is 2.01. The maximum atomic E-state index is 13.2. The van der Waals surface area contributed by atoms with E-state index in [-0.39, 0.29) is 11.8 Å². The molecule has 1 aromatic carbocycles. The average molecular weight is 349 g/mol. The predicted molar refractivity (Wildman–Crippen MR) is 99.8 cm³/mol. The Morgan fingerprint density at radius 2 is 2.23 bits per heavy atom. The Morgan fingerprint density at radius 1 is 1.35 bits per heavy atom. The molecule has 6 heteroatoms. The predicted octanol–water partition coefficient (Wildman–Crippen LogP) is 3.14. The molecule has 0 saturated carbocycles. The van der Waals surface area contributed by atoms with E-state index in [1.165, 1.54) is 0 Å². The molecule has 1 N–H and O–H groups in total. The summed E-state index contributed by atoms with van der Waals surface area (Å²) >= 11 is 0. The molecule has 0 bridgehead atoms. The van der Waals surface area contributed by atoms with Crippen molar-refractivity contribution < 1.29 is 4.79 Å². The fraction of sp³-hybridized carbons (Fsp3) is 0.350. The summed E-state index contributed by atoms with van der Waals surface area (Å²) in [6, 6.07) is 8.11. The van der Waals surface area contributed by atoms with Crippen LogP contribution in [0.2, 0.25) is 0 Å². The highest BCUT2D eigenvalue weighted by Gasteiger charge is 2.29. The average Bonchev–Trinajstić information content (AvgIpc) is 3.30. The van der Waals surface area contributed by atoms with E-state index in [4.69, 9.17) is 0 Å². The molecule has 3 heterocycles. The van der Waals surface area contributed by atoms with Crippen molar-refractivity contribution in [3.05, 3.63) is 59.8 Å². The van der Waals surface area contributed by atoms with E-state index in [2.05, 4.69) is 25.8 Å². The van der Waals surface area contributed by atoms with Crippen molar-refractivity contribution in [1.29, 1.82) is 0 Å². The van der Waals surface area contributed by atoms with E-state index in [1.54, 1.807) is 6.20 Å². The number of nitrogens with zero attached hydrogens (tertiary/aromatic N) is 4. The number of benzene rings is 1. The van der Waals surface area contributed by atoms with Gasteiger partial charge in [0.2, 0.25) is 0 Å². The highest BCUT2D eigenvalue weighted by Crippen LogP contribution is 2.28. The largest absolute Gasteiger partial charge is 0.338 e. The monoisotopic (exact) mass is 349 g/mol. The summed E-state index contributed by atoms with van der Waals surface area (Å²) in [5, 5.41) is 7.14. The van der Waals surface area contributed by atoms with Crippen LogP contribution in [0.15, 0.2) is 42.9 Å². The van der Waals surface area contributed by atoms with Crippen LogP contribution in [0, 0.1) is 6.92 Å². The van der Waals surface area contributed by atoms with Gasteiger partial charge >= 0.3 is 0 Å². The van der Waals surface area contributed by atoms with Crippen LogP contribution in [0.25, 0.3) is 11.3 Å². The van der Waals surface area contributed by atoms with Crippen LogP contribution in [0.1, 0.15) is 40.5 Å². The number of carbonyl (C=O) groups is 1. The molecule has 1 fully saturated rings. The quantitative estimate of drug-likeness (QED) is 0.790. The number of H-pyrrole nitrogens is 1. The van der Waals surface area contributed by atoms with Crippen LogP contribution in [-0.2, 0) is 7.05 Å². The van der Waals surface area contributed by atoms with Crippen LogP contribution < -0.4 is 0 Å². The van der Waals surface area contributed by atoms with Crippen LogP contribution in [0.3, 0.4) is 0 Å². The molecule has 26 heavy (non-hydrogen) atoms. The first-order valence-corrected chi connectivity index (χ1v) is 9.00. The van der Waals surface area contributed by atoms with E-state index in [9.17, 15) is 4.79 Å². The third kappa shape index (κ3) is 3.03. The summed E-state index contributed by atoms with van der Waals surface area (Å²) in [6.07, 6.45) is 7.47. The van der Waals surface area contributed by atoms with E-state index in [0.717, 1.165) is 42.0 Å². The van der Waals surface area contributed by atoms with E-state index >= 15 is 0 Å². The van der Waals surface area contributed by atoms with Gasteiger partial charge in [0.05, 0.1) is 17.5 Å². The van der Waals surface area contributed by atoms with Gasteiger partial charge in [-0.25, -0.2) is 4.98 Å². The molecule has 6 nitrogen and oxygen atoms in total. The number of aryl methyl sites for hydroxylation is 2. The number of hydrogen-bond acceptors (Lipinski definition) is 3. The SMILES string of the molecule is Cc1cccc(-c2[nH]ncc2C(=O)N2CCC[C@@H](c3nccn3C)C2)c1. The van der Waals surface area contributed by atoms with Gasteiger partial charge in [-0.3, -0.25) is 9.89 Å². The van der Waals surface area contributed by atoms with Crippen LogP contribution in [0.4, 0.5) is 0 Å². The number of aromatic amines is 1. The summed E-state index contributed by atoms with van der Waals surface area (Å²) in [5.74, 6) is 1.37. The number of hydrogen-bond donors (Lipinski definition) is 1. The van der Waals surface area contributed by atoms with Gasteiger partial charge in [-0.15, -0.1) is 0 Å². The summed E-state index contributed by atoms with van der Waals surface area (Å²) in [6.45, 7) is 3.52. The number of carbonyl (C=O) groups excluding carboxylic acids is 1. The second-order valence-corrected chi connectivity index (χ2v) is 7.01. The minimum absolute atomic E-state index is 0.0363. The molecule has 0 spiro atoms. The maximum absolute atomic E-state index is 13.2. The number of rotatable bonds is 3. The molecule has 1 aliphatic heterocycles. The molecule has 1 amide bonds. The minimum Gasteiger partial charge on any atom is -0.338 e. The number of aromatic nitrogens is 4. The van der Waals surface area contributed by atoms with Gasteiger partial charge in [-0.1, -0.05) is 23.8 Å². The highest BCUT2D eigenvalue weighted by molar-refractivity contribution is 5.99. The third-order valence-corrected chi connectivity index (χ3v) is 5.11. The first-order chi connectivity index (χ1) is 12.6. The standard InChI is InChI=1S/C20H23N5O/c1-14-5-3-6-15(11-14)18-17(12-22-23-18)20(26)25-9-4-7-16(13-25)19-21-8-10-24(19)2/h3,5-6,8,10-12,16H,4,7,9,13H2,1-2H3,(H,22,23)/t16-/m1/s1. The molecule has 1 atom stereocenters. The van der Waals surface area contributed by atoms with E-state index in [0.29, 0.717) is 12.1 Å². The lowest BCUT2D eigenvalue weighted by atomic mass is 9.96. The Balaban J connectivity index is 1.59. The van der Waals surface area contributed by atoms with E-state index in [1.807, 2.05) is 49.5 Å². The van der Waals surface area contributed by atoms with Gasteiger partial charge in [0.1, 0.15) is 5.82 Å². The first kappa shape index (κ1) is 16.6. The van der Waals surface area contributed by atoms with Gasteiger partial charge in [0, 0.05) is 44.0 Å². The van der Waals surface area contributed by atoms with Crippen molar-refractivity contribution in [3.8, 4) is 11.3 Å². The minimum atomic E-state index is 0.0363. The number of imidazole rings is 1. The number of amides is 1.